The number of hydrogen-bond donors (Lipinski definition) is 1. The number of para-hydroxylation sites is 1. The van der Waals surface area contributed by atoms with Gasteiger partial charge in [-0.05, 0) is 132 Å². The first-order valence-electron chi connectivity index (χ1n) is 20.9. The van der Waals surface area contributed by atoms with Gasteiger partial charge in [0.15, 0.2) is 0 Å². The number of hydrazone groups is 1. The molecule has 0 aliphatic heterocycles. The van der Waals surface area contributed by atoms with E-state index < -0.39 is 29.7 Å². The first-order chi connectivity index (χ1) is 30.1. The second-order valence-electron chi connectivity index (χ2n) is 15.2. The zero-order valence-corrected chi connectivity index (χ0v) is 35.4. The number of unbranched alkanes of at least 4 members (excludes halogenated alkanes) is 3. The normalized spacial score (nSPS) is 18.7. The van der Waals surface area contributed by atoms with Crippen molar-refractivity contribution >= 4 is 62.7 Å². The van der Waals surface area contributed by atoms with Crippen molar-refractivity contribution in [3.8, 4) is 23.0 Å². The first kappa shape index (κ1) is 45.4. The van der Waals surface area contributed by atoms with Gasteiger partial charge < -0.3 is 28.4 Å². The van der Waals surface area contributed by atoms with Crippen molar-refractivity contribution in [3.05, 3.63) is 84.9 Å². The smallest absolute Gasteiger partial charge is 0.330 e. The topological polar surface area (TPSA) is 189 Å². The number of thiazole rings is 1. The Morgan fingerprint density at radius 2 is 1.27 bits per heavy atom. The molecule has 62 heavy (non-hydrogen) atoms. The molecule has 2 saturated carbocycles. The molecule has 0 atom stereocenters. The number of carbonyl (C=O) groups is 5. The molecule has 16 heteroatoms. The van der Waals surface area contributed by atoms with Crippen LogP contribution in [0.1, 0.15) is 82.6 Å². The molecule has 328 valence electrons. The maximum Gasteiger partial charge on any atom is 0.330 e. The molecule has 0 unspecified atom stereocenters. The first-order valence-corrected chi connectivity index (χ1v) is 21.7. The van der Waals surface area contributed by atoms with Gasteiger partial charge >= 0.3 is 29.8 Å². The minimum absolute atomic E-state index is 0.140. The van der Waals surface area contributed by atoms with E-state index in [0.29, 0.717) is 86.8 Å². The number of rotatable bonds is 19. The van der Waals surface area contributed by atoms with E-state index >= 15 is 0 Å². The summed E-state index contributed by atoms with van der Waals surface area (Å²) in [5.74, 6) is -2.12. The van der Waals surface area contributed by atoms with E-state index in [2.05, 4.69) is 16.7 Å². The van der Waals surface area contributed by atoms with Gasteiger partial charge in [-0.2, -0.15) is 5.10 Å². The Hall–Kier alpha value is -6.13. The lowest BCUT2D eigenvalue weighted by atomic mass is 9.82. The van der Waals surface area contributed by atoms with Gasteiger partial charge in [0.05, 0.1) is 60.4 Å². The molecule has 0 saturated heterocycles. The predicted octanol–water partition coefficient (Wildman–Crippen LogP) is 8.40. The Labute approximate surface area is 363 Å². The van der Waals surface area contributed by atoms with Crippen molar-refractivity contribution < 1.29 is 57.6 Å². The third kappa shape index (κ3) is 12.9. The summed E-state index contributed by atoms with van der Waals surface area (Å²) in [5.41, 5.74) is 0.952. The van der Waals surface area contributed by atoms with Gasteiger partial charge in [0.1, 0.15) is 23.0 Å². The van der Waals surface area contributed by atoms with Gasteiger partial charge in [-0.3, -0.25) is 24.4 Å². The van der Waals surface area contributed by atoms with E-state index in [0.717, 1.165) is 36.5 Å². The molecule has 1 heterocycles. The molecule has 0 spiro atoms. The van der Waals surface area contributed by atoms with Crippen LogP contribution >= 0.6 is 11.3 Å². The monoisotopic (exact) mass is 869 g/mol. The number of aromatic nitrogens is 1. The summed E-state index contributed by atoms with van der Waals surface area (Å²) >= 11 is 1.23. The number of carbonyl (C=O) groups excluding carboxylic acids is 5. The minimum Gasteiger partial charge on any atom is -0.494 e. The highest BCUT2D eigenvalue weighted by Crippen LogP contribution is 2.35. The maximum absolute atomic E-state index is 13.4. The zero-order chi connectivity index (χ0) is 43.8. The molecule has 15 nitrogen and oxygen atoms in total. The fourth-order valence-electron chi connectivity index (χ4n) is 7.37. The molecular weight excluding hydrogens is 819 g/mol. The maximum atomic E-state index is 13.4. The average Bonchev–Trinajstić information content (AvgIpc) is 3.75. The highest BCUT2D eigenvalue weighted by Gasteiger charge is 2.34. The predicted molar refractivity (Wildman–Crippen MR) is 229 cm³/mol. The lowest BCUT2D eigenvalue weighted by molar-refractivity contribution is -0.149. The third-order valence-corrected chi connectivity index (χ3v) is 11.9. The SMILES string of the molecule is C=CC(=O)OCCCCCCOc1ccc(OC(=O)C2CCC(C(=O)Oc3ccc(OC(=O)C4CCC(C(=O)OC)CC4)c(/C=N/N(O)c4nc5ccccc5s4)c3)CC2)cc1. The Bertz CT molecular complexity index is 2170. The molecule has 0 amide bonds. The number of benzene rings is 3. The van der Waals surface area contributed by atoms with Gasteiger partial charge in [0.2, 0.25) is 5.13 Å². The summed E-state index contributed by atoms with van der Waals surface area (Å²) in [7, 11) is 1.35. The van der Waals surface area contributed by atoms with Crippen LogP contribution in [0.5, 0.6) is 23.0 Å². The van der Waals surface area contributed by atoms with Crippen molar-refractivity contribution in [1.29, 1.82) is 0 Å². The van der Waals surface area contributed by atoms with Crippen LogP contribution in [-0.2, 0) is 33.4 Å². The van der Waals surface area contributed by atoms with Crippen LogP contribution in [0.15, 0.2) is 84.5 Å². The summed E-state index contributed by atoms with van der Waals surface area (Å²) in [6.45, 7) is 4.28. The molecule has 1 N–H and O–H groups in total. The van der Waals surface area contributed by atoms with Crippen LogP contribution in [-0.4, -0.2) is 66.6 Å². The zero-order valence-electron chi connectivity index (χ0n) is 34.6. The van der Waals surface area contributed by atoms with Gasteiger partial charge in [0, 0.05) is 11.6 Å². The van der Waals surface area contributed by atoms with Crippen LogP contribution in [0.4, 0.5) is 5.13 Å². The van der Waals surface area contributed by atoms with Gasteiger partial charge in [-0.15, -0.1) is 5.17 Å². The summed E-state index contributed by atoms with van der Waals surface area (Å²) in [6.07, 6.45) is 9.61. The van der Waals surface area contributed by atoms with Crippen molar-refractivity contribution in [1.82, 2.24) is 4.98 Å². The van der Waals surface area contributed by atoms with E-state index in [1.54, 1.807) is 24.3 Å². The molecule has 1 aromatic heterocycles. The second-order valence-corrected chi connectivity index (χ2v) is 16.2. The van der Waals surface area contributed by atoms with E-state index in [1.807, 2.05) is 24.3 Å². The molecule has 2 aliphatic carbocycles. The van der Waals surface area contributed by atoms with E-state index in [-0.39, 0.29) is 46.0 Å². The molecule has 4 aromatic rings. The average molecular weight is 870 g/mol. The standard InChI is InChI=1S/C46H51N3O12S/c1-3-41(50)58-27-9-5-4-8-26-57-35-20-22-36(23-21-35)59-43(52)31-16-18-32(19-17-31)44(53)60-37-24-25-39(61-45(54)33-14-12-30(13-15-33)42(51)56-2)34(28-37)29-47-49(55)46-48-38-10-6-7-11-40(38)62-46/h3,6-7,10-11,20-25,28-33,55H,1,4-5,8-9,12-19,26-27H2,2H3/b47-29+. The number of esters is 5. The Morgan fingerprint density at radius 1 is 0.726 bits per heavy atom. The lowest BCUT2D eigenvalue weighted by Gasteiger charge is -2.26. The Morgan fingerprint density at radius 3 is 1.89 bits per heavy atom. The van der Waals surface area contributed by atoms with Crippen LogP contribution in [0.3, 0.4) is 0 Å². The molecule has 0 bridgehead atoms. The Kier molecular flexibility index (Phi) is 16.6. The van der Waals surface area contributed by atoms with Crippen molar-refractivity contribution in [2.75, 3.05) is 25.5 Å². The third-order valence-electron chi connectivity index (χ3n) is 10.9. The largest absolute Gasteiger partial charge is 0.494 e. The molecule has 0 radical (unpaired) electrons. The molecule has 2 fully saturated rings. The van der Waals surface area contributed by atoms with E-state index in [4.69, 9.17) is 28.4 Å². The molecule has 2 aliphatic rings. The molecule has 3 aromatic carbocycles. The summed E-state index contributed by atoms with van der Waals surface area (Å²) in [6, 6.07) is 18.8. The number of anilines is 1. The van der Waals surface area contributed by atoms with Crippen LogP contribution in [0.2, 0.25) is 0 Å². The summed E-state index contributed by atoms with van der Waals surface area (Å²) < 4.78 is 33.8. The molecule has 6 rings (SSSR count). The van der Waals surface area contributed by atoms with E-state index in [1.165, 1.54) is 42.9 Å². The van der Waals surface area contributed by atoms with Crippen LogP contribution in [0, 0.1) is 23.7 Å². The number of nitrogens with zero attached hydrogens (tertiary/aromatic N) is 3. The fourth-order valence-corrected chi connectivity index (χ4v) is 8.20. The quantitative estimate of drug-likeness (QED) is 0.0236. The number of fused-ring (bicyclic) bond motifs is 1. The summed E-state index contributed by atoms with van der Waals surface area (Å²) in [4.78, 5) is 67.2. The van der Waals surface area contributed by atoms with Crippen molar-refractivity contribution in [2.45, 2.75) is 77.0 Å². The number of methoxy groups -OCH3 is 1. The molecular formula is C46H51N3O12S. The fraction of sp³-hybridized carbons (Fsp3) is 0.413. The van der Waals surface area contributed by atoms with Crippen molar-refractivity contribution in [2.24, 2.45) is 28.8 Å². The van der Waals surface area contributed by atoms with Crippen LogP contribution in [0.25, 0.3) is 10.2 Å². The highest BCUT2D eigenvalue weighted by molar-refractivity contribution is 7.22. The van der Waals surface area contributed by atoms with Gasteiger partial charge in [-0.25, -0.2) is 9.78 Å². The Balaban J connectivity index is 0.996. The second kappa shape index (κ2) is 22.6. The number of hydrogen-bond acceptors (Lipinski definition) is 16. The van der Waals surface area contributed by atoms with Gasteiger partial charge in [0.25, 0.3) is 0 Å². The van der Waals surface area contributed by atoms with Crippen LogP contribution < -0.4 is 24.1 Å². The highest BCUT2D eigenvalue weighted by atomic mass is 32.1. The van der Waals surface area contributed by atoms with E-state index in [9.17, 15) is 29.2 Å². The minimum atomic E-state index is -0.470. The lowest BCUT2D eigenvalue weighted by Crippen LogP contribution is -2.30. The van der Waals surface area contributed by atoms with Crippen molar-refractivity contribution in [3.63, 3.8) is 0 Å². The van der Waals surface area contributed by atoms with Gasteiger partial charge in [-0.1, -0.05) is 30.0 Å². The summed E-state index contributed by atoms with van der Waals surface area (Å²) in [5, 5.41) is 15.8. The number of ether oxygens (including phenoxy) is 6.